The van der Waals surface area contributed by atoms with E-state index in [0.29, 0.717) is 0 Å². The minimum absolute atomic E-state index is 0.183. The van der Waals surface area contributed by atoms with Crippen LogP contribution < -0.4 is 5.84 Å². The standard InChI is InChI=1S/C12H11F7N2O4S2/c13-10(14,11(15,16)12(17,18)19)6-7-24-9(26)21(20)25-27(22,23)8-4-2-1-3-5-8/h1-5H,6-7,20H2. The summed E-state index contributed by atoms with van der Waals surface area (Å²) in [4.78, 5) is -0.361. The van der Waals surface area contributed by atoms with Crippen LogP contribution in [0.4, 0.5) is 30.7 Å². The summed E-state index contributed by atoms with van der Waals surface area (Å²) in [7, 11) is -4.48. The third-order valence-electron chi connectivity index (χ3n) is 2.85. The van der Waals surface area contributed by atoms with E-state index in [1.165, 1.54) is 18.2 Å². The van der Waals surface area contributed by atoms with Crippen LogP contribution in [0.2, 0.25) is 0 Å². The van der Waals surface area contributed by atoms with Gasteiger partial charge in [-0.3, -0.25) is 0 Å². The van der Waals surface area contributed by atoms with E-state index in [4.69, 9.17) is 5.84 Å². The number of ether oxygens (including phenoxy) is 1. The van der Waals surface area contributed by atoms with Gasteiger partial charge in [-0.1, -0.05) is 18.2 Å². The predicted octanol–water partition coefficient (Wildman–Crippen LogP) is 3.01. The number of hydrogen-bond donors (Lipinski definition) is 1. The lowest BCUT2D eigenvalue weighted by Gasteiger charge is -2.28. The Hall–Kier alpha value is -1.71. The molecule has 1 aromatic rings. The maximum Gasteiger partial charge on any atom is 0.459 e. The number of nitrogens with zero attached hydrogens (tertiary/aromatic N) is 1. The summed E-state index contributed by atoms with van der Waals surface area (Å²) in [5.41, 5.74) is 0. The Morgan fingerprint density at radius 3 is 2.07 bits per heavy atom. The quantitative estimate of drug-likeness (QED) is 0.300. The molecule has 6 nitrogen and oxygen atoms in total. The summed E-state index contributed by atoms with van der Waals surface area (Å²) in [5, 5.41) is -1.28. The lowest BCUT2D eigenvalue weighted by atomic mass is 10.1. The molecule has 2 N–H and O–H groups in total. The summed E-state index contributed by atoms with van der Waals surface area (Å²) >= 11 is 4.38. The minimum atomic E-state index is -6.48. The van der Waals surface area contributed by atoms with Crippen LogP contribution in [0.1, 0.15) is 6.42 Å². The molecule has 1 aromatic carbocycles. The summed E-state index contributed by atoms with van der Waals surface area (Å²) in [6.07, 6.45) is -8.57. The molecule has 0 spiro atoms. The summed E-state index contributed by atoms with van der Waals surface area (Å²) in [6.45, 7) is -1.43. The molecule has 0 bridgehead atoms. The van der Waals surface area contributed by atoms with E-state index in [2.05, 4.69) is 21.2 Å². The first-order valence-corrected chi connectivity index (χ1v) is 8.47. The Kier molecular flexibility index (Phi) is 7.01. The van der Waals surface area contributed by atoms with E-state index in [9.17, 15) is 39.2 Å². The van der Waals surface area contributed by atoms with E-state index in [0.717, 1.165) is 12.1 Å². The molecular formula is C12H11F7N2O4S2. The Labute approximate surface area is 153 Å². The third-order valence-corrected chi connectivity index (χ3v) is 4.35. The second-order valence-electron chi connectivity index (χ2n) is 4.81. The van der Waals surface area contributed by atoms with E-state index >= 15 is 0 Å². The molecule has 0 aliphatic heterocycles. The van der Waals surface area contributed by atoms with Crippen LogP contribution in [0.5, 0.6) is 0 Å². The molecule has 0 aromatic heterocycles. The number of hydrazine groups is 1. The molecule has 0 fully saturated rings. The number of benzene rings is 1. The van der Waals surface area contributed by atoms with Crippen molar-refractivity contribution in [3.63, 3.8) is 0 Å². The summed E-state index contributed by atoms with van der Waals surface area (Å²) < 4.78 is 120. The van der Waals surface area contributed by atoms with E-state index in [-0.39, 0.29) is 10.1 Å². The van der Waals surface area contributed by atoms with Gasteiger partial charge >= 0.3 is 33.3 Å². The van der Waals surface area contributed by atoms with Gasteiger partial charge in [-0.05, 0) is 24.4 Å². The molecule has 0 aliphatic rings. The first-order valence-electron chi connectivity index (χ1n) is 6.65. The zero-order valence-electron chi connectivity index (χ0n) is 12.9. The van der Waals surface area contributed by atoms with Crippen molar-refractivity contribution in [3.05, 3.63) is 30.3 Å². The number of nitrogens with two attached hydrogens (primary N) is 1. The van der Waals surface area contributed by atoms with Crippen molar-refractivity contribution < 1.29 is 48.2 Å². The number of thiocarbonyl (C=S) groups is 1. The molecule has 0 atom stereocenters. The molecule has 0 amide bonds. The van der Waals surface area contributed by atoms with Crippen molar-refractivity contribution in [1.29, 1.82) is 0 Å². The Morgan fingerprint density at radius 2 is 1.59 bits per heavy atom. The molecule has 0 heterocycles. The number of halogens is 7. The van der Waals surface area contributed by atoms with Crippen molar-refractivity contribution in [1.82, 2.24) is 5.17 Å². The van der Waals surface area contributed by atoms with Crippen LogP contribution in [0, 0.1) is 0 Å². The van der Waals surface area contributed by atoms with E-state index in [1.807, 2.05) is 0 Å². The summed E-state index contributed by atoms with van der Waals surface area (Å²) in [5.74, 6) is -6.71. The monoisotopic (exact) mass is 444 g/mol. The van der Waals surface area contributed by atoms with Gasteiger partial charge in [-0.2, -0.15) is 39.2 Å². The van der Waals surface area contributed by atoms with Gasteiger partial charge in [0, 0.05) is 0 Å². The number of hydrogen-bond acceptors (Lipinski definition) is 6. The second kappa shape index (κ2) is 8.12. The molecule has 0 saturated heterocycles. The molecule has 27 heavy (non-hydrogen) atoms. The fraction of sp³-hybridized carbons (Fsp3) is 0.417. The maximum absolute atomic E-state index is 13.1. The molecule has 0 saturated carbocycles. The van der Waals surface area contributed by atoms with Crippen molar-refractivity contribution in [2.45, 2.75) is 29.3 Å². The molecule has 0 unspecified atom stereocenters. The molecule has 15 heteroatoms. The minimum Gasteiger partial charge on any atom is -0.468 e. The van der Waals surface area contributed by atoms with Crippen molar-refractivity contribution >= 4 is 27.5 Å². The zero-order chi connectivity index (χ0) is 21.1. The SMILES string of the molecule is NN(OS(=O)(=O)c1ccccc1)C(=S)OCCC(F)(F)C(F)(F)C(F)(F)F. The van der Waals surface area contributed by atoms with Gasteiger partial charge < -0.3 is 4.74 Å². The fourth-order valence-electron chi connectivity index (χ4n) is 1.46. The fourth-order valence-corrected chi connectivity index (χ4v) is 2.48. The van der Waals surface area contributed by atoms with E-state index < -0.39 is 46.3 Å². The molecule has 0 radical (unpaired) electrons. The zero-order valence-corrected chi connectivity index (χ0v) is 14.6. The second-order valence-corrected chi connectivity index (χ2v) is 6.69. The van der Waals surface area contributed by atoms with E-state index in [1.54, 1.807) is 0 Å². The first-order chi connectivity index (χ1) is 12.1. The third kappa shape index (κ3) is 5.63. The Balaban J connectivity index is 2.65. The number of rotatable bonds is 7. The smallest absolute Gasteiger partial charge is 0.459 e. The summed E-state index contributed by atoms with van der Waals surface area (Å²) in [6, 6.07) is 6.41. The highest BCUT2D eigenvalue weighted by Crippen LogP contribution is 2.47. The van der Waals surface area contributed by atoms with Crippen LogP contribution in [0.25, 0.3) is 0 Å². The van der Waals surface area contributed by atoms with Crippen LogP contribution in [-0.2, 0) is 19.1 Å². The van der Waals surface area contributed by atoms with Crippen LogP contribution in [0.3, 0.4) is 0 Å². The predicted molar refractivity (Wildman–Crippen MR) is 79.9 cm³/mol. The first kappa shape index (κ1) is 23.3. The highest BCUT2D eigenvalue weighted by atomic mass is 32.2. The lowest BCUT2D eigenvalue weighted by Crippen LogP contribution is -2.52. The maximum atomic E-state index is 13.1. The Bertz CT molecular complexity index is 757. The average molecular weight is 444 g/mol. The number of hydroxylamine groups is 1. The number of alkyl halides is 7. The average Bonchev–Trinajstić information content (AvgIpc) is 2.53. The van der Waals surface area contributed by atoms with Crippen molar-refractivity contribution in [2.75, 3.05) is 6.61 Å². The highest BCUT2D eigenvalue weighted by Gasteiger charge is 2.72. The molecule has 154 valence electrons. The molecule has 0 aliphatic carbocycles. The van der Waals surface area contributed by atoms with Crippen LogP contribution >= 0.6 is 12.2 Å². The molecular weight excluding hydrogens is 433 g/mol. The van der Waals surface area contributed by atoms with Gasteiger partial charge in [-0.25, -0.2) is 5.84 Å². The van der Waals surface area contributed by atoms with Crippen molar-refractivity contribution in [3.8, 4) is 0 Å². The largest absolute Gasteiger partial charge is 0.468 e. The normalized spacial score (nSPS) is 13.3. The Morgan fingerprint density at radius 1 is 1.07 bits per heavy atom. The van der Waals surface area contributed by atoms with Crippen LogP contribution in [-0.4, -0.2) is 43.4 Å². The van der Waals surface area contributed by atoms with Gasteiger partial charge in [0.05, 0.1) is 17.9 Å². The van der Waals surface area contributed by atoms with Gasteiger partial charge in [0.15, 0.2) is 0 Å². The van der Waals surface area contributed by atoms with Gasteiger partial charge in [0.2, 0.25) is 0 Å². The van der Waals surface area contributed by atoms with Crippen molar-refractivity contribution in [2.24, 2.45) is 5.84 Å². The van der Waals surface area contributed by atoms with Gasteiger partial charge in [-0.15, -0.1) is 9.46 Å². The van der Waals surface area contributed by atoms with Gasteiger partial charge in [0.1, 0.15) is 0 Å². The highest BCUT2D eigenvalue weighted by molar-refractivity contribution is 7.86. The van der Waals surface area contributed by atoms with Gasteiger partial charge in [0.25, 0.3) is 0 Å². The van der Waals surface area contributed by atoms with Crippen LogP contribution in [0.15, 0.2) is 35.2 Å². The lowest BCUT2D eigenvalue weighted by molar-refractivity contribution is -0.356. The molecule has 1 rings (SSSR count). The topological polar surface area (TPSA) is 81.9 Å².